The predicted molar refractivity (Wildman–Crippen MR) is 80.5 cm³/mol. The molecule has 0 heterocycles. The molecule has 0 fully saturated rings. The molecule has 0 unspecified atom stereocenters. The number of aryl methyl sites for hydroxylation is 1. The maximum Gasteiger partial charge on any atom is 0.257 e. The van der Waals surface area contributed by atoms with Crippen LogP contribution >= 0.6 is 12.2 Å². The van der Waals surface area contributed by atoms with E-state index in [-0.39, 0.29) is 12.5 Å². The average Bonchev–Trinajstić information content (AvgIpc) is 2.37. The molecule has 0 bridgehead atoms. The molecule has 0 radical (unpaired) electrons. The quantitative estimate of drug-likeness (QED) is 0.591. The Hall–Kier alpha value is -1.62. The lowest BCUT2D eigenvalue weighted by Gasteiger charge is -2.10. The van der Waals surface area contributed by atoms with Gasteiger partial charge in [0.25, 0.3) is 5.91 Å². The number of nitrogens with one attached hydrogen (secondary N) is 1. The molecule has 0 atom stereocenters. The maximum absolute atomic E-state index is 11.5. The van der Waals surface area contributed by atoms with Crippen LogP contribution in [-0.4, -0.2) is 24.0 Å². The van der Waals surface area contributed by atoms with E-state index in [1.54, 1.807) is 6.07 Å². The highest BCUT2D eigenvalue weighted by Crippen LogP contribution is 2.19. The molecule has 0 aliphatic heterocycles. The standard InChI is InChI=1S/C14H20N2O2S/c1-3-4-7-16-13(17)9-18-12-8-11(14(15)19)6-5-10(12)2/h5-6,8H,3-4,7,9H2,1-2H3,(H2,15,19)(H,16,17). The Kier molecular flexibility index (Phi) is 6.29. The first kappa shape index (κ1) is 15.4. The van der Waals surface area contributed by atoms with Crippen LogP contribution in [-0.2, 0) is 4.79 Å². The first-order chi connectivity index (χ1) is 9.04. The third-order valence-corrected chi connectivity index (χ3v) is 2.92. The van der Waals surface area contributed by atoms with Crippen LogP contribution in [0.25, 0.3) is 0 Å². The van der Waals surface area contributed by atoms with Crippen molar-refractivity contribution in [2.45, 2.75) is 26.7 Å². The van der Waals surface area contributed by atoms with E-state index in [0.717, 1.165) is 24.0 Å². The number of thiocarbonyl (C=S) groups is 1. The van der Waals surface area contributed by atoms with Gasteiger partial charge < -0.3 is 15.8 Å². The molecule has 1 aromatic carbocycles. The summed E-state index contributed by atoms with van der Waals surface area (Å²) in [4.78, 5) is 11.9. The number of carbonyl (C=O) groups is 1. The molecule has 0 aliphatic carbocycles. The minimum absolute atomic E-state index is 0.00530. The Morgan fingerprint density at radius 1 is 1.47 bits per heavy atom. The van der Waals surface area contributed by atoms with E-state index in [9.17, 15) is 4.79 Å². The van der Waals surface area contributed by atoms with Gasteiger partial charge in [0.15, 0.2) is 6.61 Å². The predicted octanol–water partition coefficient (Wildman–Crippen LogP) is 1.92. The van der Waals surface area contributed by atoms with Gasteiger partial charge in [-0.1, -0.05) is 37.7 Å². The van der Waals surface area contributed by atoms with Crippen molar-refractivity contribution in [1.29, 1.82) is 0 Å². The van der Waals surface area contributed by atoms with Gasteiger partial charge in [0.1, 0.15) is 10.7 Å². The van der Waals surface area contributed by atoms with E-state index < -0.39 is 0 Å². The van der Waals surface area contributed by atoms with Gasteiger partial charge in [-0.3, -0.25) is 4.79 Å². The van der Waals surface area contributed by atoms with Crippen molar-refractivity contribution in [3.63, 3.8) is 0 Å². The number of nitrogens with two attached hydrogens (primary N) is 1. The van der Waals surface area contributed by atoms with E-state index in [0.29, 0.717) is 17.3 Å². The lowest BCUT2D eigenvalue weighted by molar-refractivity contribution is -0.123. The molecular weight excluding hydrogens is 260 g/mol. The molecule has 5 heteroatoms. The number of hydrogen-bond donors (Lipinski definition) is 2. The summed E-state index contributed by atoms with van der Waals surface area (Å²) in [6.45, 7) is 4.68. The summed E-state index contributed by atoms with van der Waals surface area (Å²) in [7, 11) is 0. The van der Waals surface area contributed by atoms with E-state index in [1.165, 1.54) is 0 Å². The van der Waals surface area contributed by atoms with Crippen LogP contribution in [0.15, 0.2) is 18.2 Å². The normalized spacial score (nSPS) is 10.0. The highest BCUT2D eigenvalue weighted by Gasteiger charge is 2.06. The summed E-state index contributed by atoms with van der Waals surface area (Å²) < 4.78 is 5.49. The number of amides is 1. The van der Waals surface area contributed by atoms with Crippen molar-refractivity contribution in [2.24, 2.45) is 5.73 Å². The zero-order valence-corrected chi connectivity index (χ0v) is 12.2. The summed E-state index contributed by atoms with van der Waals surface area (Å²) in [5.74, 6) is 0.518. The Balaban J connectivity index is 2.54. The van der Waals surface area contributed by atoms with Crippen LogP contribution in [0.2, 0.25) is 0 Å². The van der Waals surface area contributed by atoms with Crippen LogP contribution in [0.4, 0.5) is 0 Å². The molecule has 1 rings (SSSR count). The van der Waals surface area contributed by atoms with Gasteiger partial charge >= 0.3 is 0 Å². The molecule has 4 nitrogen and oxygen atoms in total. The molecule has 0 aliphatic rings. The van der Waals surface area contributed by atoms with E-state index in [4.69, 9.17) is 22.7 Å². The van der Waals surface area contributed by atoms with Crippen molar-refractivity contribution < 1.29 is 9.53 Å². The third-order valence-electron chi connectivity index (χ3n) is 2.68. The second kappa shape index (κ2) is 7.74. The van der Waals surface area contributed by atoms with Gasteiger partial charge in [-0.2, -0.15) is 0 Å². The van der Waals surface area contributed by atoms with Gasteiger partial charge in [-0.05, 0) is 25.0 Å². The molecule has 0 aromatic heterocycles. The topological polar surface area (TPSA) is 64.3 Å². The maximum atomic E-state index is 11.5. The first-order valence-corrected chi connectivity index (χ1v) is 6.75. The number of rotatable bonds is 7. The summed E-state index contributed by atoms with van der Waals surface area (Å²) in [5.41, 5.74) is 7.25. The highest BCUT2D eigenvalue weighted by atomic mass is 32.1. The monoisotopic (exact) mass is 280 g/mol. The van der Waals surface area contributed by atoms with Gasteiger partial charge in [0.2, 0.25) is 0 Å². The number of unbranched alkanes of at least 4 members (excludes halogenated alkanes) is 1. The summed E-state index contributed by atoms with van der Waals surface area (Å²) in [6, 6.07) is 5.47. The van der Waals surface area contributed by atoms with Crippen molar-refractivity contribution in [3.8, 4) is 5.75 Å². The lowest BCUT2D eigenvalue weighted by Crippen LogP contribution is -2.29. The zero-order chi connectivity index (χ0) is 14.3. The number of ether oxygens (including phenoxy) is 1. The minimum Gasteiger partial charge on any atom is -0.483 e. The molecule has 0 saturated heterocycles. The van der Waals surface area contributed by atoms with Crippen molar-refractivity contribution in [1.82, 2.24) is 5.32 Å². The van der Waals surface area contributed by atoms with Crippen LogP contribution in [0.1, 0.15) is 30.9 Å². The number of carbonyl (C=O) groups excluding carboxylic acids is 1. The first-order valence-electron chi connectivity index (χ1n) is 6.34. The van der Waals surface area contributed by atoms with Gasteiger partial charge in [0.05, 0.1) is 0 Å². The molecule has 0 spiro atoms. The van der Waals surface area contributed by atoms with E-state index in [2.05, 4.69) is 12.2 Å². The summed E-state index contributed by atoms with van der Waals surface area (Å²) in [5, 5.41) is 2.80. The molecule has 0 saturated carbocycles. The van der Waals surface area contributed by atoms with Crippen LogP contribution in [0, 0.1) is 6.92 Å². The fourth-order valence-corrected chi connectivity index (χ4v) is 1.63. The second-order valence-electron chi connectivity index (χ2n) is 4.34. The largest absolute Gasteiger partial charge is 0.483 e. The summed E-state index contributed by atoms with van der Waals surface area (Å²) in [6.07, 6.45) is 2.03. The molecule has 19 heavy (non-hydrogen) atoms. The fraction of sp³-hybridized carbons (Fsp3) is 0.429. The van der Waals surface area contributed by atoms with Crippen molar-refractivity contribution in [2.75, 3.05) is 13.2 Å². The lowest BCUT2D eigenvalue weighted by atomic mass is 10.1. The molecule has 1 amide bonds. The Morgan fingerprint density at radius 2 is 2.21 bits per heavy atom. The second-order valence-corrected chi connectivity index (χ2v) is 4.78. The van der Waals surface area contributed by atoms with Crippen molar-refractivity contribution in [3.05, 3.63) is 29.3 Å². The van der Waals surface area contributed by atoms with Gasteiger partial charge in [0, 0.05) is 12.1 Å². The zero-order valence-electron chi connectivity index (χ0n) is 11.4. The Bertz CT molecular complexity index is 461. The molecular formula is C14H20N2O2S. The van der Waals surface area contributed by atoms with E-state index in [1.807, 2.05) is 19.1 Å². The summed E-state index contributed by atoms with van der Waals surface area (Å²) >= 11 is 4.91. The number of benzene rings is 1. The van der Waals surface area contributed by atoms with Crippen molar-refractivity contribution >= 4 is 23.1 Å². The average molecular weight is 280 g/mol. The molecule has 1 aromatic rings. The van der Waals surface area contributed by atoms with Crippen LogP contribution in [0.5, 0.6) is 5.75 Å². The smallest absolute Gasteiger partial charge is 0.257 e. The Morgan fingerprint density at radius 3 is 2.84 bits per heavy atom. The Labute approximate surface area is 119 Å². The third kappa shape index (κ3) is 5.26. The number of hydrogen-bond acceptors (Lipinski definition) is 3. The highest BCUT2D eigenvalue weighted by molar-refractivity contribution is 7.80. The van der Waals surface area contributed by atoms with Gasteiger partial charge in [-0.15, -0.1) is 0 Å². The van der Waals surface area contributed by atoms with Gasteiger partial charge in [-0.25, -0.2) is 0 Å². The minimum atomic E-state index is -0.117. The SMILES string of the molecule is CCCCNC(=O)COc1cc(C(N)=S)ccc1C. The van der Waals surface area contributed by atoms with E-state index >= 15 is 0 Å². The molecule has 3 N–H and O–H groups in total. The fourth-order valence-electron chi connectivity index (χ4n) is 1.51. The van der Waals surface area contributed by atoms with Crippen LogP contribution < -0.4 is 15.8 Å². The molecule has 104 valence electrons. The van der Waals surface area contributed by atoms with Crippen LogP contribution in [0.3, 0.4) is 0 Å².